The highest BCUT2D eigenvalue weighted by molar-refractivity contribution is 5.87. The zero-order valence-corrected chi connectivity index (χ0v) is 9.71. The van der Waals surface area contributed by atoms with Crippen LogP contribution in [0.3, 0.4) is 0 Å². The van der Waals surface area contributed by atoms with Crippen molar-refractivity contribution in [1.82, 2.24) is 4.90 Å². The van der Waals surface area contributed by atoms with Crippen molar-refractivity contribution >= 4 is 5.78 Å². The van der Waals surface area contributed by atoms with Crippen LogP contribution >= 0.6 is 0 Å². The van der Waals surface area contributed by atoms with Crippen LogP contribution in [0.2, 0.25) is 0 Å². The van der Waals surface area contributed by atoms with Crippen LogP contribution in [0.25, 0.3) is 0 Å². The number of nitrogens with zero attached hydrogens (tertiary/aromatic N) is 1. The molecule has 0 amide bonds. The average Bonchev–Trinajstić information content (AvgIpc) is 2.11. The van der Waals surface area contributed by atoms with Gasteiger partial charge in [-0.3, -0.25) is 9.69 Å². The minimum absolute atomic E-state index is 0.187. The van der Waals surface area contributed by atoms with E-state index in [2.05, 4.69) is 32.6 Å². The minimum atomic E-state index is 0.187. The topological polar surface area (TPSA) is 20.3 Å². The predicted molar refractivity (Wildman–Crippen MR) is 57.1 cm³/mol. The van der Waals surface area contributed by atoms with E-state index in [0.29, 0.717) is 17.6 Å². The lowest BCUT2D eigenvalue weighted by Crippen LogP contribution is -2.60. The van der Waals surface area contributed by atoms with Crippen molar-refractivity contribution in [2.75, 3.05) is 13.1 Å². The van der Waals surface area contributed by atoms with Gasteiger partial charge in [0.25, 0.3) is 0 Å². The van der Waals surface area contributed by atoms with Gasteiger partial charge >= 0.3 is 0 Å². The number of hydrogen-bond acceptors (Lipinski definition) is 2. The molecule has 0 N–H and O–H groups in total. The van der Waals surface area contributed by atoms with Crippen molar-refractivity contribution < 1.29 is 4.79 Å². The molecular weight excluding hydrogens is 174 g/mol. The van der Waals surface area contributed by atoms with Gasteiger partial charge in [-0.15, -0.1) is 0 Å². The molecule has 3 fully saturated rings. The Morgan fingerprint density at radius 2 is 2.00 bits per heavy atom. The Hall–Kier alpha value is -0.370. The van der Waals surface area contributed by atoms with E-state index in [1.165, 1.54) is 0 Å². The molecule has 0 spiro atoms. The Labute approximate surface area is 86.7 Å². The number of rotatable bonds is 0. The molecule has 3 aliphatic heterocycles. The van der Waals surface area contributed by atoms with Crippen LogP contribution in [0.4, 0.5) is 0 Å². The quantitative estimate of drug-likeness (QED) is 0.589. The van der Waals surface area contributed by atoms with Crippen LogP contribution in [0.5, 0.6) is 0 Å². The Morgan fingerprint density at radius 1 is 1.36 bits per heavy atom. The maximum absolute atomic E-state index is 12.0. The first-order valence-electron chi connectivity index (χ1n) is 5.69. The summed E-state index contributed by atoms with van der Waals surface area (Å²) in [5.41, 5.74) is 0.277. The molecule has 0 aromatic carbocycles. The summed E-state index contributed by atoms with van der Waals surface area (Å²) < 4.78 is 0. The third-order valence-electron chi connectivity index (χ3n) is 4.08. The molecule has 3 saturated heterocycles. The summed E-state index contributed by atoms with van der Waals surface area (Å²) in [7, 11) is 0. The van der Waals surface area contributed by atoms with E-state index >= 15 is 0 Å². The van der Waals surface area contributed by atoms with Gasteiger partial charge in [0.15, 0.2) is 5.78 Å². The number of ketones is 1. The third-order valence-corrected chi connectivity index (χ3v) is 4.08. The van der Waals surface area contributed by atoms with E-state index in [1.54, 1.807) is 0 Å². The number of fused-ring (bicyclic) bond motifs is 3. The van der Waals surface area contributed by atoms with Gasteiger partial charge in [-0.1, -0.05) is 20.8 Å². The lowest BCUT2D eigenvalue weighted by atomic mass is 9.65. The fourth-order valence-electron chi connectivity index (χ4n) is 3.04. The number of piperidine rings is 3. The highest BCUT2D eigenvalue weighted by Crippen LogP contribution is 2.42. The van der Waals surface area contributed by atoms with Gasteiger partial charge in [-0.05, 0) is 31.2 Å². The van der Waals surface area contributed by atoms with Crippen LogP contribution in [0.15, 0.2) is 0 Å². The molecule has 14 heavy (non-hydrogen) atoms. The van der Waals surface area contributed by atoms with Crippen LogP contribution in [-0.2, 0) is 4.79 Å². The lowest BCUT2D eigenvalue weighted by Gasteiger charge is -2.51. The summed E-state index contributed by atoms with van der Waals surface area (Å²) in [4.78, 5) is 14.4. The van der Waals surface area contributed by atoms with Crippen LogP contribution in [0, 0.1) is 17.3 Å². The van der Waals surface area contributed by atoms with Gasteiger partial charge in [0.1, 0.15) is 0 Å². The van der Waals surface area contributed by atoms with Crippen molar-refractivity contribution in [3.63, 3.8) is 0 Å². The molecule has 0 aromatic heterocycles. The van der Waals surface area contributed by atoms with Crippen molar-refractivity contribution in [2.45, 2.75) is 40.2 Å². The maximum Gasteiger partial charge on any atom is 0.153 e. The Balaban J connectivity index is 2.23. The second-order valence-electron chi connectivity index (χ2n) is 5.94. The number of hydrogen-bond donors (Lipinski definition) is 0. The summed E-state index contributed by atoms with van der Waals surface area (Å²) in [6, 6.07) is 0.187. The first-order chi connectivity index (χ1) is 6.41. The zero-order chi connectivity index (χ0) is 10.5. The van der Waals surface area contributed by atoms with Gasteiger partial charge in [-0.25, -0.2) is 0 Å². The van der Waals surface area contributed by atoms with Crippen LogP contribution in [0.1, 0.15) is 34.1 Å². The fraction of sp³-hybridized carbons (Fsp3) is 0.917. The van der Waals surface area contributed by atoms with Gasteiger partial charge in [0, 0.05) is 12.5 Å². The largest absolute Gasteiger partial charge is 0.298 e. The molecular formula is C12H21NO. The number of Topliss-reactive ketones (excluding diaryl/α,β-unsaturated/α-hetero) is 1. The van der Waals surface area contributed by atoms with E-state index in [4.69, 9.17) is 0 Å². The van der Waals surface area contributed by atoms with Gasteiger partial charge in [0.2, 0.25) is 0 Å². The Bertz CT molecular complexity index is 254. The highest BCUT2D eigenvalue weighted by atomic mass is 16.1. The van der Waals surface area contributed by atoms with Crippen LogP contribution < -0.4 is 0 Å². The second-order valence-corrected chi connectivity index (χ2v) is 5.94. The van der Waals surface area contributed by atoms with Gasteiger partial charge in [-0.2, -0.15) is 0 Å². The fourth-order valence-corrected chi connectivity index (χ4v) is 3.04. The summed E-state index contributed by atoms with van der Waals surface area (Å²) >= 11 is 0. The van der Waals surface area contributed by atoms with Crippen molar-refractivity contribution in [1.29, 1.82) is 0 Å². The Morgan fingerprint density at radius 3 is 2.50 bits per heavy atom. The molecule has 80 valence electrons. The number of carbonyl (C=O) groups is 1. The first kappa shape index (κ1) is 10.2. The summed E-state index contributed by atoms with van der Waals surface area (Å²) in [5, 5.41) is 0. The van der Waals surface area contributed by atoms with Crippen molar-refractivity contribution in [3.05, 3.63) is 0 Å². The van der Waals surface area contributed by atoms with Crippen molar-refractivity contribution in [2.24, 2.45) is 17.3 Å². The summed E-state index contributed by atoms with van der Waals surface area (Å²) in [6.45, 7) is 11.1. The van der Waals surface area contributed by atoms with Crippen molar-refractivity contribution in [3.8, 4) is 0 Å². The predicted octanol–water partition coefficient (Wildman–Crippen LogP) is 1.94. The van der Waals surface area contributed by atoms with E-state index in [-0.39, 0.29) is 11.5 Å². The monoisotopic (exact) mass is 195 g/mol. The molecule has 2 heteroatoms. The molecule has 0 radical (unpaired) electrons. The zero-order valence-electron chi connectivity index (χ0n) is 9.71. The van der Waals surface area contributed by atoms with Crippen LogP contribution in [-0.4, -0.2) is 29.8 Å². The van der Waals surface area contributed by atoms with E-state index in [0.717, 1.165) is 19.5 Å². The SMILES string of the molecule is CC1C(=O)C2CCN1CC2C(C)(C)C. The van der Waals surface area contributed by atoms with E-state index in [1.807, 2.05) is 0 Å². The summed E-state index contributed by atoms with van der Waals surface area (Å²) in [5.74, 6) is 1.40. The molecule has 3 heterocycles. The van der Waals surface area contributed by atoms with E-state index in [9.17, 15) is 4.79 Å². The standard InChI is InChI=1S/C12H21NO/c1-8-11(14)9-5-6-13(8)7-10(9)12(2,3)4/h8-10H,5-7H2,1-4H3. The second kappa shape index (κ2) is 3.06. The highest BCUT2D eigenvalue weighted by Gasteiger charge is 2.48. The molecule has 2 bridgehead atoms. The molecule has 0 saturated carbocycles. The molecule has 4 atom stereocenters. The average molecular weight is 195 g/mol. The van der Waals surface area contributed by atoms with Gasteiger partial charge in [0.05, 0.1) is 6.04 Å². The molecule has 4 unspecified atom stereocenters. The molecule has 2 nitrogen and oxygen atoms in total. The smallest absolute Gasteiger partial charge is 0.153 e. The first-order valence-corrected chi connectivity index (χ1v) is 5.69. The normalized spacial score (nSPS) is 43.0. The molecule has 0 aromatic rings. The Kier molecular flexibility index (Phi) is 2.22. The lowest BCUT2D eigenvalue weighted by molar-refractivity contribution is -0.145. The molecule has 3 aliphatic rings. The summed E-state index contributed by atoms with van der Waals surface area (Å²) in [6.07, 6.45) is 1.09. The maximum atomic E-state index is 12.0. The molecule has 0 aliphatic carbocycles. The number of carbonyl (C=O) groups excluding carboxylic acids is 1. The minimum Gasteiger partial charge on any atom is -0.298 e. The van der Waals surface area contributed by atoms with Gasteiger partial charge < -0.3 is 0 Å². The molecule has 3 rings (SSSR count). The third kappa shape index (κ3) is 1.40. The van der Waals surface area contributed by atoms with E-state index < -0.39 is 0 Å².